The van der Waals surface area contributed by atoms with Crippen LogP contribution in [-0.4, -0.2) is 42.2 Å². The van der Waals surface area contributed by atoms with E-state index in [-0.39, 0.29) is 0 Å². The molecule has 0 radical (unpaired) electrons. The SMILES string of the molecule is CN1CCC(OCc2csc(CNC3CC3)n2)CC1. The second-order valence-corrected chi connectivity index (χ2v) is 6.64. The van der Waals surface area contributed by atoms with Crippen molar-refractivity contribution in [3.8, 4) is 0 Å². The smallest absolute Gasteiger partial charge is 0.107 e. The molecule has 0 amide bonds. The van der Waals surface area contributed by atoms with Crippen LogP contribution >= 0.6 is 11.3 Å². The number of hydrogen-bond donors (Lipinski definition) is 1. The van der Waals surface area contributed by atoms with Crippen LogP contribution in [0.5, 0.6) is 0 Å². The van der Waals surface area contributed by atoms with E-state index in [1.807, 2.05) is 0 Å². The molecule has 0 unspecified atom stereocenters. The molecule has 1 aliphatic heterocycles. The first-order valence-corrected chi connectivity index (χ1v) is 8.14. The molecular formula is C14H23N3OS. The van der Waals surface area contributed by atoms with Crippen molar-refractivity contribution in [3.63, 3.8) is 0 Å². The lowest BCUT2D eigenvalue weighted by Crippen LogP contribution is -2.34. The van der Waals surface area contributed by atoms with E-state index in [2.05, 4.69) is 27.6 Å². The number of ether oxygens (including phenoxy) is 1. The standard InChI is InChI=1S/C14H23N3OS/c1-17-6-4-13(5-7-17)18-9-12-10-19-14(16-12)8-15-11-2-3-11/h10-11,13,15H,2-9H2,1H3. The minimum Gasteiger partial charge on any atom is -0.372 e. The van der Waals surface area contributed by atoms with Gasteiger partial charge in [0.15, 0.2) is 0 Å². The minimum absolute atomic E-state index is 0.422. The van der Waals surface area contributed by atoms with Crippen LogP contribution in [-0.2, 0) is 17.9 Å². The number of piperidine rings is 1. The molecule has 2 fully saturated rings. The highest BCUT2D eigenvalue weighted by atomic mass is 32.1. The Morgan fingerprint density at radius 2 is 2.16 bits per heavy atom. The van der Waals surface area contributed by atoms with Crippen molar-refractivity contribution in [1.29, 1.82) is 0 Å². The largest absolute Gasteiger partial charge is 0.372 e. The first-order chi connectivity index (χ1) is 9.29. The summed E-state index contributed by atoms with van der Waals surface area (Å²) in [4.78, 5) is 7.00. The molecule has 2 heterocycles. The first-order valence-electron chi connectivity index (χ1n) is 7.26. The third-order valence-corrected chi connectivity index (χ3v) is 4.75. The maximum Gasteiger partial charge on any atom is 0.107 e. The van der Waals surface area contributed by atoms with Crippen molar-refractivity contribution in [3.05, 3.63) is 16.1 Å². The van der Waals surface area contributed by atoms with Crippen LogP contribution in [0, 0.1) is 0 Å². The van der Waals surface area contributed by atoms with Gasteiger partial charge in [-0.1, -0.05) is 0 Å². The molecule has 0 spiro atoms. The Morgan fingerprint density at radius 3 is 2.89 bits per heavy atom. The van der Waals surface area contributed by atoms with Crippen molar-refractivity contribution < 1.29 is 4.74 Å². The summed E-state index contributed by atoms with van der Waals surface area (Å²) in [5.74, 6) is 0. The van der Waals surface area contributed by atoms with Gasteiger partial charge >= 0.3 is 0 Å². The van der Waals surface area contributed by atoms with E-state index < -0.39 is 0 Å². The fourth-order valence-electron chi connectivity index (χ4n) is 2.37. The van der Waals surface area contributed by atoms with Gasteiger partial charge in [0, 0.05) is 31.1 Å². The molecule has 0 bridgehead atoms. The Bertz CT molecular complexity index is 397. The Labute approximate surface area is 119 Å². The normalized spacial score (nSPS) is 21.9. The molecule has 4 nitrogen and oxygen atoms in total. The third kappa shape index (κ3) is 4.24. The molecule has 1 N–H and O–H groups in total. The van der Waals surface area contributed by atoms with Gasteiger partial charge in [0.25, 0.3) is 0 Å². The Hall–Kier alpha value is -0.490. The number of likely N-dealkylation sites (tertiary alicyclic amines) is 1. The summed E-state index contributed by atoms with van der Waals surface area (Å²) in [6.45, 7) is 3.90. The lowest BCUT2D eigenvalue weighted by atomic mass is 10.1. The molecule has 1 aromatic heterocycles. The lowest BCUT2D eigenvalue weighted by molar-refractivity contribution is 0.000901. The van der Waals surface area contributed by atoms with E-state index in [0.717, 1.165) is 44.2 Å². The molecule has 5 heteroatoms. The zero-order valence-electron chi connectivity index (χ0n) is 11.6. The van der Waals surface area contributed by atoms with Crippen LogP contribution in [0.1, 0.15) is 36.4 Å². The van der Waals surface area contributed by atoms with E-state index >= 15 is 0 Å². The third-order valence-electron chi connectivity index (χ3n) is 3.85. The number of thiazole rings is 1. The molecule has 2 aliphatic rings. The van der Waals surface area contributed by atoms with Gasteiger partial charge < -0.3 is 15.0 Å². The average Bonchev–Trinajstić information content (AvgIpc) is 3.15. The van der Waals surface area contributed by atoms with Crippen LogP contribution in [0.4, 0.5) is 0 Å². The molecule has 0 aromatic carbocycles. The highest BCUT2D eigenvalue weighted by Gasteiger charge is 2.21. The predicted molar refractivity (Wildman–Crippen MR) is 77.3 cm³/mol. The van der Waals surface area contributed by atoms with Crippen LogP contribution in [0.25, 0.3) is 0 Å². The Morgan fingerprint density at radius 1 is 1.37 bits per heavy atom. The molecule has 1 aromatic rings. The zero-order chi connectivity index (χ0) is 13.1. The quantitative estimate of drug-likeness (QED) is 0.865. The number of rotatable bonds is 6. The molecule has 1 saturated heterocycles. The number of nitrogens with one attached hydrogen (secondary N) is 1. The monoisotopic (exact) mass is 281 g/mol. The Kier molecular flexibility index (Phi) is 4.48. The lowest BCUT2D eigenvalue weighted by Gasteiger charge is -2.28. The summed E-state index contributed by atoms with van der Waals surface area (Å²) in [6, 6.07) is 0.753. The zero-order valence-corrected chi connectivity index (χ0v) is 12.4. The first kappa shape index (κ1) is 13.5. The van der Waals surface area contributed by atoms with Gasteiger partial charge in [-0.2, -0.15) is 0 Å². The fourth-order valence-corrected chi connectivity index (χ4v) is 3.10. The van der Waals surface area contributed by atoms with Crippen molar-refractivity contribution >= 4 is 11.3 Å². The maximum atomic E-state index is 5.97. The van der Waals surface area contributed by atoms with E-state index in [9.17, 15) is 0 Å². The number of hydrogen-bond acceptors (Lipinski definition) is 5. The summed E-state index contributed by atoms with van der Waals surface area (Å²) >= 11 is 1.74. The molecule has 19 heavy (non-hydrogen) atoms. The number of aromatic nitrogens is 1. The van der Waals surface area contributed by atoms with Crippen molar-refractivity contribution in [2.75, 3.05) is 20.1 Å². The van der Waals surface area contributed by atoms with Crippen molar-refractivity contribution in [1.82, 2.24) is 15.2 Å². The minimum atomic E-state index is 0.422. The van der Waals surface area contributed by atoms with E-state index in [4.69, 9.17) is 4.74 Å². The molecule has 1 saturated carbocycles. The summed E-state index contributed by atoms with van der Waals surface area (Å²) in [5.41, 5.74) is 1.09. The van der Waals surface area contributed by atoms with E-state index in [1.165, 1.54) is 17.8 Å². The van der Waals surface area contributed by atoms with Gasteiger partial charge in [-0.15, -0.1) is 11.3 Å². The summed E-state index contributed by atoms with van der Waals surface area (Å²) < 4.78 is 5.97. The summed E-state index contributed by atoms with van der Waals surface area (Å²) in [6.07, 6.45) is 5.38. The number of nitrogens with zero attached hydrogens (tertiary/aromatic N) is 2. The van der Waals surface area contributed by atoms with Crippen LogP contribution in [0.15, 0.2) is 5.38 Å². The molecule has 0 atom stereocenters. The molecular weight excluding hydrogens is 258 g/mol. The second kappa shape index (κ2) is 6.31. The van der Waals surface area contributed by atoms with Gasteiger partial charge in [-0.25, -0.2) is 4.98 Å². The summed E-state index contributed by atoms with van der Waals surface area (Å²) in [7, 11) is 2.18. The predicted octanol–water partition coefficient (Wildman–Crippen LogP) is 2.01. The van der Waals surface area contributed by atoms with Crippen molar-refractivity contribution in [2.45, 2.75) is 51.0 Å². The molecule has 1 aliphatic carbocycles. The average molecular weight is 281 g/mol. The molecule has 106 valence electrons. The van der Waals surface area contributed by atoms with E-state index in [0.29, 0.717) is 12.7 Å². The second-order valence-electron chi connectivity index (χ2n) is 5.70. The van der Waals surface area contributed by atoms with E-state index in [1.54, 1.807) is 11.3 Å². The highest BCUT2D eigenvalue weighted by molar-refractivity contribution is 7.09. The van der Waals surface area contributed by atoms with Crippen molar-refractivity contribution in [2.24, 2.45) is 0 Å². The van der Waals surface area contributed by atoms with Gasteiger partial charge in [0.2, 0.25) is 0 Å². The molecule has 3 rings (SSSR count). The Balaban J connectivity index is 1.39. The topological polar surface area (TPSA) is 37.4 Å². The van der Waals surface area contributed by atoms with Crippen LogP contribution in [0.3, 0.4) is 0 Å². The van der Waals surface area contributed by atoms with Crippen LogP contribution < -0.4 is 5.32 Å². The fraction of sp³-hybridized carbons (Fsp3) is 0.786. The summed E-state index contributed by atoms with van der Waals surface area (Å²) in [5, 5.41) is 6.82. The van der Waals surface area contributed by atoms with Crippen LogP contribution in [0.2, 0.25) is 0 Å². The van der Waals surface area contributed by atoms with Gasteiger partial charge in [0.1, 0.15) is 5.01 Å². The van der Waals surface area contributed by atoms with Gasteiger partial charge in [-0.05, 0) is 32.7 Å². The maximum absolute atomic E-state index is 5.97. The van der Waals surface area contributed by atoms with Gasteiger partial charge in [0.05, 0.1) is 18.4 Å². The highest BCUT2D eigenvalue weighted by Crippen LogP contribution is 2.20. The van der Waals surface area contributed by atoms with Gasteiger partial charge in [-0.3, -0.25) is 0 Å².